The lowest BCUT2D eigenvalue weighted by molar-refractivity contribution is -0.132. The van der Waals surface area contributed by atoms with Crippen molar-refractivity contribution in [3.05, 3.63) is 11.1 Å². The maximum Gasteiger partial charge on any atom is 0.165 e. The maximum atomic E-state index is 11.6. The second-order valence-corrected chi connectivity index (χ2v) is 4.32. The second-order valence-electron chi connectivity index (χ2n) is 4.32. The summed E-state index contributed by atoms with van der Waals surface area (Å²) in [5, 5.41) is 0. The Labute approximate surface area is 74.9 Å². The standard InChI is InChI=1S/C11H18O/c1-6-7(2)9-8(3)11(4,5)10(9)12/h8H,6H2,1-5H3/b9-7+. The first kappa shape index (κ1) is 9.50. The van der Waals surface area contributed by atoms with Gasteiger partial charge in [-0.1, -0.05) is 33.3 Å². The predicted octanol–water partition coefficient (Wildman–Crippen LogP) is 2.96. The smallest absolute Gasteiger partial charge is 0.165 e. The van der Waals surface area contributed by atoms with E-state index in [0.717, 1.165) is 12.0 Å². The highest BCUT2D eigenvalue weighted by atomic mass is 16.1. The van der Waals surface area contributed by atoms with Crippen molar-refractivity contribution in [3.63, 3.8) is 0 Å². The molecule has 0 amide bonds. The molecule has 0 aromatic carbocycles. The maximum absolute atomic E-state index is 11.6. The van der Waals surface area contributed by atoms with E-state index in [4.69, 9.17) is 0 Å². The third-order valence-corrected chi connectivity index (χ3v) is 3.34. The molecule has 0 spiro atoms. The van der Waals surface area contributed by atoms with Crippen LogP contribution in [0.1, 0.15) is 41.0 Å². The molecule has 1 fully saturated rings. The Bertz CT molecular complexity index is 246. The molecule has 1 saturated carbocycles. The van der Waals surface area contributed by atoms with E-state index in [1.807, 2.05) is 13.8 Å². The molecule has 1 atom stereocenters. The van der Waals surface area contributed by atoms with Gasteiger partial charge < -0.3 is 0 Å². The van der Waals surface area contributed by atoms with Crippen molar-refractivity contribution >= 4 is 5.78 Å². The molecule has 0 heterocycles. The minimum absolute atomic E-state index is 0.105. The van der Waals surface area contributed by atoms with Crippen LogP contribution in [-0.4, -0.2) is 5.78 Å². The van der Waals surface area contributed by atoms with Crippen LogP contribution >= 0.6 is 0 Å². The highest BCUT2D eigenvalue weighted by molar-refractivity contribution is 6.07. The molecule has 68 valence electrons. The van der Waals surface area contributed by atoms with E-state index in [-0.39, 0.29) is 5.41 Å². The van der Waals surface area contributed by atoms with E-state index in [1.165, 1.54) is 5.57 Å². The van der Waals surface area contributed by atoms with E-state index in [2.05, 4.69) is 20.8 Å². The molecule has 12 heavy (non-hydrogen) atoms. The first-order valence-electron chi connectivity index (χ1n) is 4.67. The van der Waals surface area contributed by atoms with Gasteiger partial charge in [0.25, 0.3) is 0 Å². The molecule has 0 radical (unpaired) electrons. The van der Waals surface area contributed by atoms with Crippen LogP contribution in [0, 0.1) is 11.3 Å². The number of hydrogen-bond donors (Lipinski definition) is 0. The van der Waals surface area contributed by atoms with E-state index in [9.17, 15) is 4.79 Å². The summed E-state index contributed by atoms with van der Waals surface area (Å²) in [6.07, 6.45) is 1.00. The van der Waals surface area contributed by atoms with Gasteiger partial charge in [-0.2, -0.15) is 0 Å². The summed E-state index contributed by atoms with van der Waals surface area (Å²) in [7, 11) is 0. The first-order chi connectivity index (χ1) is 5.42. The Kier molecular flexibility index (Phi) is 2.15. The van der Waals surface area contributed by atoms with Crippen molar-refractivity contribution < 1.29 is 4.79 Å². The minimum atomic E-state index is -0.105. The summed E-state index contributed by atoms with van der Waals surface area (Å²) in [4.78, 5) is 11.6. The summed E-state index contributed by atoms with van der Waals surface area (Å²) in [5.74, 6) is 0.805. The van der Waals surface area contributed by atoms with Crippen molar-refractivity contribution in [2.75, 3.05) is 0 Å². The lowest BCUT2D eigenvalue weighted by Gasteiger charge is -2.44. The molecule has 0 aromatic heterocycles. The molecule has 0 N–H and O–H groups in total. The average molecular weight is 166 g/mol. The lowest BCUT2D eigenvalue weighted by atomic mass is 9.57. The summed E-state index contributed by atoms with van der Waals surface area (Å²) >= 11 is 0. The molecule has 1 nitrogen and oxygen atoms in total. The van der Waals surface area contributed by atoms with Crippen LogP contribution in [0.2, 0.25) is 0 Å². The van der Waals surface area contributed by atoms with Gasteiger partial charge in [-0.15, -0.1) is 0 Å². The lowest BCUT2D eigenvalue weighted by Crippen LogP contribution is -2.47. The Balaban J connectivity index is 2.97. The first-order valence-corrected chi connectivity index (χ1v) is 4.67. The third kappa shape index (κ3) is 1.03. The van der Waals surface area contributed by atoms with Gasteiger partial charge in [-0.05, 0) is 24.8 Å². The highest BCUT2D eigenvalue weighted by Crippen LogP contribution is 2.48. The van der Waals surface area contributed by atoms with Gasteiger partial charge in [0.2, 0.25) is 0 Å². The van der Waals surface area contributed by atoms with E-state index in [0.29, 0.717) is 11.7 Å². The Morgan fingerprint density at radius 2 is 2.00 bits per heavy atom. The van der Waals surface area contributed by atoms with Crippen LogP contribution < -0.4 is 0 Å². The highest BCUT2D eigenvalue weighted by Gasteiger charge is 2.49. The van der Waals surface area contributed by atoms with Gasteiger partial charge in [0.1, 0.15) is 0 Å². The normalized spacial score (nSPS) is 31.4. The predicted molar refractivity (Wildman–Crippen MR) is 50.9 cm³/mol. The molecule has 0 bridgehead atoms. The molecular weight excluding hydrogens is 148 g/mol. The molecule has 0 aliphatic heterocycles. The van der Waals surface area contributed by atoms with E-state index in [1.54, 1.807) is 0 Å². The van der Waals surface area contributed by atoms with Gasteiger partial charge >= 0.3 is 0 Å². The zero-order valence-electron chi connectivity index (χ0n) is 8.69. The van der Waals surface area contributed by atoms with Crippen molar-refractivity contribution in [1.29, 1.82) is 0 Å². The van der Waals surface area contributed by atoms with Crippen LogP contribution in [0.25, 0.3) is 0 Å². The molecule has 1 unspecified atom stereocenters. The topological polar surface area (TPSA) is 17.1 Å². The number of carbonyl (C=O) groups is 1. The number of rotatable bonds is 1. The van der Waals surface area contributed by atoms with Crippen LogP contribution in [-0.2, 0) is 4.79 Å². The Morgan fingerprint density at radius 3 is 2.33 bits per heavy atom. The van der Waals surface area contributed by atoms with Crippen LogP contribution in [0.4, 0.5) is 0 Å². The van der Waals surface area contributed by atoms with Crippen molar-refractivity contribution in [2.45, 2.75) is 41.0 Å². The zero-order valence-corrected chi connectivity index (χ0v) is 8.69. The average Bonchev–Trinajstić information content (AvgIpc) is 2.04. The van der Waals surface area contributed by atoms with Gasteiger partial charge in [-0.25, -0.2) is 0 Å². The molecule has 0 saturated heterocycles. The second kappa shape index (κ2) is 2.72. The Hall–Kier alpha value is -0.590. The zero-order chi connectivity index (χ0) is 9.52. The van der Waals surface area contributed by atoms with Crippen molar-refractivity contribution in [1.82, 2.24) is 0 Å². The molecule has 1 heteroatoms. The van der Waals surface area contributed by atoms with Crippen molar-refractivity contribution in [2.24, 2.45) is 11.3 Å². The SMILES string of the molecule is CC/C(C)=C1/C(=O)C(C)(C)C1C. The Morgan fingerprint density at radius 1 is 1.50 bits per heavy atom. The van der Waals surface area contributed by atoms with E-state index < -0.39 is 0 Å². The van der Waals surface area contributed by atoms with Crippen LogP contribution in [0.3, 0.4) is 0 Å². The molecule has 1 rings (SSSR count). The monoisotopic (exact) mass is 166 g/mol. The summed E-state index contributed by atoms with van der Waals surface area (Å²) in [6, 6.07) is 0. The summed E-state index contributed by atoms with van der Waals surface area (Å²) < 4.78 is 0. The van der Waals surface area contributed by atoms with Gasteiger partial charge in [-0.3, -0.25) is 4.79 Å². The molecular formula is C11H18O. The number of allylic oxidation sites excluding steroid dienone is 2. The van der Waals surface area contributed by atoms with Gasteiger partial charge in [0, 0.05) is 5.41 Å². The summed E-state index contributed by atoms with van der Waals surface area (Å²) in [6.45, 7) is 10.4. The third-order valence-electron chi connectivity index (χ3n) is 3.34. The minimum Gasteiger partial charge on any atom is -0.294 e. The fourth-order valence-electron chi connectivity index (χ4n) is 1.78. The largest absolute Gasteiger partial charge is 0.294 e. The quantitative estimate of drug-likeness (QED) is 0.547. The number of hydrogen-bond acceptors (Lipinski definition) is 1. The number of ketones is 1. The van der Waals surface area contributed by atoms with Gasteiger partial charge in [0.05, 0.1) is 0 Å². The number of Topliss-reactive ketones (excluding diaryl/α,β-unsaturated/α-hetero) is 1. The van der Waals surface area contributed by atoms with Crippen LogP contribution in [0.5, 0.6) is 0 Å². The number of carbonyl (C=O) groups excluding carboxylic acids is 1. The van der Waals surface area contributed by atoms with Gasteiger partial charge in [0.15, 0.2) is 5.78 Å². The summed E-state index contributed by atoms with van der Waals surface area (Å²) in [5.41, 5.74) is 2.25. The fourth-order valence-corrected chi connectivity index (χ4v) is 1.78. The van der Waals surface area contributed by atoms with E-state index >= 15 is 0 Å². The van der Waals surface area contributed by atoms with Crippen molar-refractivity contribution in [3.8, 4) is 0 Å². The van der Waals surface area contributed by atoms with Crippen LogP contribution in [0.15, 0.2) is 11.1 Å². The molecule has 1 aliphatic carbocycles. The molecule has 0 aromatic rings. The fraction of sp³-hybridized carbons (Fsp3) is 0.727. The molecule has 1 aliphatic rings.